The Morgan fingerprint density at radius 1 is 1.15 bits per heavy atom. The van der Waals surface area contributed by atoms with Gasteiger partial charge in [0.25, 0.3) is 0 Å². The molecule has 1 aromatic carbocycles. The summed E-state index contributed by atoms with van der Waals surface area (Å²) in [7, 11) is -5.25. The monoisotopic (exact) mass is 473 g/mol. The Kier molecular flexibility index (Phi) is 6.02. The number of benzene rings is 1. The van der Waals surface area contributed by atoms with Crippen LogP contribution < -0.4 is 4.72 Å². The van der Waals surface area contributed by atoms with Crippen LogP contribution in [0, 0.1) is 17.8 Å². The van der Waals surface area contributed by atoms with E-state index in [-0.39, 0.29) is 11.1 Å². The van der Waals surface area contributed by atoms with Crippen molar-refractivity contribution in [2.24, 2.45) is 17.8 Å². The number of nitrogens with one attached hydrogen (secondary N) is 1. The normalized spacial score (nSPS) is 28.7. The Hall–Kier alpha value is -0.213. The number of sulfonamides is 1. The fraction of sp³-hybridized carbons (Fsp3) is 0.700. The molecule has 2 saturated carbocycles. The van der Waals surface area contributed by atoms with Gasteiger partial charge in [-0.25, -0.2) is 13.1 Å². The van der Waals surface area contributed by atoms with Gasteiger partial charge in [-0.1, -0.05) is 36.7 Å². The molecule has 0 aromatic heterocycles. The number of fused-ring (bicyclic) bond motifs is 2. The summed E-state index contributed by atoms with van der Waals surface area (Å²) in [4.78, 5) is 0.336. The Balaban J connectivity index is 1.65. The van der Waals surface area contributed by atoms with Crippen LogP contribution in [-0.4, -0.2) is 29.4 Å². The van der Waals surface area contributed by atoms with Gasteiger partial charge in [0.05, 0.1) is 4.90 Å². The van der Waals surface area contributed by atoms with Gasteiger partial charge in [0, 0.05) is 17.1 Å². The lowest BCUT2D eigenvalue weighted by Gasteiger charge is -2.38. The van der Waals surface area contributed by atoms with Gasteiger partial charge in [0.1, 0.15) is 0 Å². The minimum atomic E-state index is -3.48. The molecule has 2 aliphatic rings. The topological polar surface area (TPSA) is 55.4 Å². The van der Waals surface area contributed by atoms with E-state index < -0.39 is 18.3 Å². The zero-order valence-corrected chi connectivity index (χ0v) is 20.4. The molecule has 1 unspecified atom stereocenters. The summed E-state index contributed by atoms with van der Waals surface area (Å²) in [6.07, 6.45) is 3.26. The molecule has 2 bridgehead atoms. The maximum absolute atomic E-state index is 12.8. The molecule has 152 valence electrons. The third-order valence-corrected chi connectivity index (χ3v) is 13.4. The van der Waals surface area contributed by atoms with E-state index in [1.165, 1.54) is 6.42 Å². The molecule has 3 rings (SSSR count). The molecule has 0 heterocycles. The van der Waals surface area contributed by atoms with Crippen molar-refractivity contribution in [1.82, 2.24) is 4.72 Å². The van der Waals surface area contributed by atoms with E-state index in [4.69, 9.17) is 4.43 Å². The maximum atomic E-state index is 12.8. The first-order chi connectivity index (χ1) is 12.4. The second-order valence-electron chi connectivity index (χ2n) is 9.75. The first-order valence-corrected chi connectivity index (χ1v) is 15.0. The summed E-state index contributed by atoms with van der Waals surface area (Å²) in [5, 5.41) is 0.202. The first-order valence-electron chi connectivity index (χ1n) is 9.81. The molecule has 4 nitrogen and oxygen atoms in total. The number of hydrogen-bond donors (Lipinski definition) is 1. The van der Waals surface area contributed by atoms with Gasteiger partial charge >= 0.3 is 0 Å². The highest BCUT2D eigenvalue weighted by atomic mass is 79.9. The number of rotatable bonds is 6. The summed E-state index contributed by atoms with van der Waals surface area (Å²) in [6.45, 7) is 12.1. The standard InChI is InChI=1S/C20H32BrNO3SSi/c1-20(2,3)27(4,5)25-13-15-10-14-11-18(15)19(12-14)22-26(23,24)17-8-6-16(21)7-9-17/h6-9,14-15,18-19,22H,10-13H2,1-5H3/t14-,15-,18-,19?/m1/s1. The molecule has 2 aliphatic carbocycles. The van der Waals surface area contributed by atoms with Gasteiger partial charge in [-0.15, -0.1) is 0 Å². The molecule has 0 aliphatic heterocycles. The van der Waals surface area contributed by atoms with Crippen molar-refractivity contribution in [3.8, 4) is 0 Å². The van der Waals surface area contributed by atoms with Gasteiger partial charge in [0.2, 0.25) is 10.0 Å². The van der Waals surface area contributed by atoms with E-state index >= 15 is 0 Å². The van der Waals surface area contributed by atoms with E-state index in [1.807, 2.05) is 0 Å². The lowest BCUT2D eigenvalue weighted by atomic mass is 9.86. The molecule has 1 N–H and O–H groups in total. The fourth-order valence-electron chi connectivity index (χ4n) is 4.24. The van der Waals surface area contributed by atoms with Crippen LogP contribution in [-0.2, 0) is 14.4 Å². The van der Waals surface area contributed by atoms with Crippen LogP contribution in [0.5, 0.6) is 0 Å². The van der Waals surface area contributed by atoms with Crippen molar-refractivity contribution in [1.29, 1.82) is 0 Å². The van der Waals surface area contributed by atoms with E-state index in [0.717, 1.165) is 23.9 Å². The second-order valence-corrected chi connectivity index (χ2v) is 17.2. The molecule has 0 spiro atoms. The molecule has 4 atom stereocenters. The zero-order chi connectivity index (χ0) is 20.0. The van der Waals surface area contributed by atoms with Gasteiger partial charge in [-0.2, -0.15) is 0 Å². The number of halogens is 1. The third kappa shape index (κ3) is 4.69. The summed E-state index contributed by atoms with van der Waals surface area (Å²) in [5.41, 5.74) is 0. The molecule has 0 radical (unpaired) electrons. The first kappa shape index (κ1) is 21.5. The van der Waals surface area contributed by atoms with Crippen molar-refractivity contribution in [2.45, 2.75) is 69.1 Å². The van der Waals surface area contributed by atoms with E-state index in [0.29, 0.717) is 22.6 Å². The lowest BCUT2D eigenvalue weighted by Crippen LogP contribution is -2.45. The summed E-state index contributed by atoms with van der Waals surface area (Å²) >= 11 is 3.36. The van der Waals surface area contributed by atoms with Crippen LogP contribution in [0.1, 0.15) is 40.0 Å². The van der Waals surface area contributed by atoms with Gasteiger partial charge in [-0.05, 0) is 79.4 Å². The number of hydrogen-bond acceptors (Lipinski definition) is 3. The van der Waals surface area contributed by atoms with Crippen molar-refractivity contribution < 1.29 is 12.8 Å². The van der Waals surface area contributed by atoms with Crippen molar-refractivity contribution in [2.75, 3.05) is 6.61 Å². The van der Waals surface area contributed by atoms with E-state index in [9.17, 15) is 8.42 Å². The van der Waals surface area contributed by atoms with Crippen LogP contribution in [0.4, 0.5) is 0 Å². The highest BCUT2D eigenvalue weighted by Crippen LogP contribution is 2.49. The summed E-state index contributed by atoms with van der Waals surface area (Å²) in [6, 6.07) is 6.87. The maximum Gasteiger partial charge on any atom is 0.240 e. The third-order valence-electron chi connectivity index (χ3n) is 6.85. The van der Waals surface area contributed by atoms with Crippen LogP contribution in [0.15, 0.2) is 33.6 Å². The molecular formula is C20H32BrNO3SSi. The predicted octanol–water partition coefficient (Wildman–Crippen LogP) is 5.16. The molecule has 0 amide bonds. The SMILES string of the molecule is CC(C)(C)[Si](C)(C)OC[C@H]1C[C@H]2CC(NS(=O)(=O)c3ccc(Br)cc3)[C@@H]1C2. The molecule has 7 heteroatoms. The van der Waals surface area contributed by atoms with Gasteiger partial charge in [-0.3, -0.25) is 0 Å². The molecule has 0 saturated heterocycles. The van der Waals surface area contributed by atoms with Crippen LogP contribution in [0.2, 0.25) is 18.1 Å². The average Bonchev–Trinajstić information content (AvgIpc) is 3.11. The fourth-order valence-corrected chi connectivity index (χ4v) is 6.86. The minimum Gasteiger partial charge on any atom is -0.417 e. The molecule has 2 fully saturated rings. The summed E-state index contributed by atoms with van der Waals surface area (Å²) in [5.74, 6) is 1.49. The van der Waals surface area contributed by atoms with E-state index in [2.05, 4.69) is 54.5 Å². The molecule has 1 aromatic rings. The minimum absolute atomic E-state index is 0.0328. The quantitative estimate of drug-likeness (QED) is 0.580. The Bertz CT molecular complexity index is 773. The smallest absolute Gasteiger partial charge is 0.240 e. The molecule has 27 heavy (non-hydrogen) atoms. The van der Waals surface area contributed by atoms with Gasteiger partial charge in [0.15, 0.2) is 8.32 Å². The lowest BCUT2D eigenvalue weighted by molar-refractivity contribution is 0.165. The highest BCUT2D eigenvalue weighted by Gasteiger charge is 2.48. The van der Waals surface area contributed by atoms with Crippen LogP contribution in [0.3, 0.4) is 0 Å². The van der Waals surface area contributed by atoms with Crippen molar-refractivity contribution in [3.05, 3.63) is 28.7 Å². The molecular weight excluding hydrogens is 442 g/mol. The average molecular weight is 475 g/mol. The van der Waals surface area contributed by atoms with Gasteiger partial charge < -0.3 is 4.43 Å². The highest BCUT2D eigenvalue weighted by molar-refractivity contribution is 9.10. The largest absolute Gasteiger partial charge is 0.417 e. The van der Waals surface area contributed by atoms with Crippen LogP contribution >= 0.6 is 15.9 Å². The van der Waals surface area contributed by atoms with Crippen molar-refractivity contribution in [3.63, 3.8) is 0 Å². The van der Waals surface area contributed by atoms with Crippen LogP contribution in [0.25, 0.3) is 0 Å². The summed E-state index contributed by atoms with van der Waals surface area (Å²) < 4.78 is 35.9. The zero-order valence-electron chi connectivity index (χ0n) is 17.0. The Morgan fingerprint density at radius 3 is 2.33 bits per heavy atom. The Labute approximate surface area is 173 Å². The van der Waals surface area contributed by atoms with E-state index in [1.54, 1.807) is 24.3 Å². The Morgan fingerprint density at radius 2 is 1.78 bits per heavy atom. The predicted molar refractivity (Wildman–Crippen MR) is 116 cm³/mol. The van der Waals surface area contributed by atoms with Crippen molar-refractivity contribution >= 4 is 34.3 Å². The second kappa shape index (κ2) is 7.56.